The summed E-state index contributed by atoms with van der Waals surface area (Å²) in [5.41, 5.74) is -0.857. The van der Waals surface area contributed by atoms with Crippen LogP contribution in [0.4, 0.5) is 8.78 Å². The number of amides is 1. The molecular formula is C26H29F2N5O3S. The number of benzene rings is 1. The van der Waals surface area contributed by atoms with Crippen LogP contribution < -0.4 is 10.4 Å². The van der Waals surface area contributed by atoms with Gasteiger partial charge in [-0.1, -0.05) is 37.7 Å². The summed E-state index contributed by atoms with van der Waals surface area (Å²) in [5, 5.41) is 21.6. The van der Waals surface area contributed by atoms with E-state index in [0.717, 1.165) is 49.5 Å². The van der Waals surface area contributed by atoms with Gasteiger partial charge in [-0.25, -0.2) is 8.78 Å². The summed E-state index contributed by atoms with van der Waals surface area (Å²) in [5.74, 6) is -2.42. The van der Waals surface area contributed by atoms with Gasteiger partial charge < -0.3 is 10.0 Å². The van der Waals surface area contributed by atoms with Gasteiger partial charge in [-0.05, 0) is 42.7 Å². The van der Waals surface area contributed by atoms with Crippen LogP contribution in [0.1, 0.15) is 67.0 Å². The summed E-state index contributed by atoms with van der Waals surface area (Å²) in [6, 6.07) is 3.32. The molecule has 1 spiro atoms. The molecule has 0 unspecified atom stereocenters. The highest BCUT2D eigenvalue weighted by Crippen LogP contribution is 2.47. The average molecular weight is 530 g/mol. The molecule has 0 bridgehead atoms. The number of aromatic nitrogens is 3. The molecule has 8 nitrogen and oxygen atoms in total. The molecule has 37 heavy (non-hydrogen) atoms. The van der Waals surface area contributed by atoms with E-state index < -0.39 is 34.4 Å². The summed E-state index contributed by atoms with van der Waals surface area (Å²) in [7, 11) is 3.58. The Bertz CT molecular complexity index is 1440. The zero-order valence-electron chi connectivity index (χ0n) is 21.2. The van der Waals surface area contributed by atoms with Crippen molar-refractivity contribution in [2.75, 3.05) is 19.1 Å². The molecule has 1 aliphatic heterocycles. The molecule has 1 N–H and O–H groups in total. The number of pyridine rings is 1. The molecule has 0 saturated heterocycles. The maximum Gasteiger partial charge on any atom is 0.278 e. The van der Waals surface area contributed by atoms with Crippen LogP contribution in [0.3, 0.4) is 0 Å². The number of hydrogen-bond acceptors (Lipinski definition) is 7. The molecule has 1 aliphatic carbocycles. The van der Waals surface area contributed by atoms with Crippen molar-refractivity contribution in [2.24, 2.45) is 5.41 Å². The Kier molecular flexibility index (Phi) is 6.09. The maximum atomic E-state index is 14.1. The fourth-order valence-electron chi connectivity index (χ4n) is 5.47. The zero-order valence-corrected chi connectivity index (χ0v) is 22.0. The number of rotatable bonds is 4. The second-order valence-electron chi connectivity index (χ2n) is 10.4. The molecule has 0 radical (unpaired) electrons. The number of hydrogen-bond donors (Lipinski definition) is 1. The van der Waals surface area contributed by atoms with Gasteiger partial charge in [-0.15, -0.1) is 10.2 Å². The highest BCUT2D eigenvalue weighted by Gasteiger charge is 2.51. The minimum Gasteiger partial charge on any atom is -0.502 e. The molecular weight excluding hydrogens is 500 g/mol. The summed E-state index contributed by atoms with van der Waals surface area (Å²) < 4.78 is 28.9. The van der Waals surface area contributed by atoms with Crippen LogP contribution in [0.25, 0.3) is 10.6 Å². The minimum atomic E-state index is -0.727. The monoisotopic (exact) mass is 529 g/mol. The third-order valence-electron chi connectivity index (χ3n) is 8.39. The standard InChI is InChI=1S/C26H29F2N5O3S/c1-5-25(2)8-10-26(11-9-25)31(3)24(36)20-22(35)21(34)17(14-33(20)32(26)4)23-30-29-19(37-23)12-15-6-7-16(27)13-18(15)28/h6-7,13-14,35H,5,8-12H2,1-4H3. The Morgan fingerprint density at radius 2 is 1.81 bits per heavy atom. The molecule has 196 valence electrons. The van der Waals surface area contributed by atoms with E-state index in [1.54, 1.807) is 16.6 Å². The van der Waals surface area contributed by atoms with E-state index in [0.29, 0.717) is 5.01 Å². The number of halogens is 2. The molecule has 3 aromatic rings. The van der Waals surface area contributed by atoms with Crippen LogP contribution >= 0.6 is 11.3 Å². The van der Waals surface area contributed by atoms with E-state index in [2.05, 4.69) is 24.0 Å². The van der Waals surface area contributed by atoms with Crippen LogP contribution in [-0.2, 0) is 6.42 Å². The quantitative estimate of drug-likeness (QED) is 0.543. The van der Waals surface area contributed by atoms with Crippen molar-refractivity contribution in [3.05, 3.63) is 62.5 Å². The Labute approximate surface area is 217 Å². The van der Waals surface area contributed by atoms with Crippen LogP contribution in [0, 0.1) is 17.0 Å². The van der Waals surface area contributed by atoms with Crippen LogP contribution in [0.2, 0.25) is 0 Å². The molecule has 0 atom stereocenters. The van der Waals surface area contributed by atoms with E-state index in [9.17, 15) is 23.5 Å². The normalized spacial score (nSPS) is 23.6. The summed E-state index contributed by atoms with van der Waals surface area (Å²) >= 11 is 1.08. The van der Waals surface area contributed by atoms with Crippen molar-refractivity contribution in [1.29, 1.82) is 0 Å². The Hall–Kier alpha value is -3.34. The van der Waals surface area contributed by atoms with Crippen molar-refractivity contribution < 1.29 is 18.7 Å². The minimum absolute atomic E-state index is 0.0739. The third-order valence-corrected chi connectivity index (χ3v) is 9.34. The molecule has 2 aliphatic rings. The lowest BCUT2D eigenvalue weighted by Gasteiger charge is -2.57. The highest BCUT2D eigenvalue weighted by atomic mass is 32.1. The number of aromatic hydroxyl groups is 1. The van der Waals surface area contributed by atoms with E-state index in [1.807, 2.05) is 12.1 Å². The van der Waals surface area contributed by atoms with E-state index in [4.69, 9.17) is 0 Å². The molecule has 11 heteroatoms. The van der Waals surface area contributed by atoms with Crippen LogP contribution in [0.5, 0.6) is 5.75 Å². The molecule has 1 amide bonds. The van der Waals surface area contributed by atoms with Gasteiger partial charge in [-0.2, -0.15) is 0 Å². The van der Waals surface area contributed by atoms with Gasteiger partial charge in [0.25, 0.3) is 5.91 Å². The van der Waals surface area contributed by atoms with E-state index >= 15 is 0 Å². The van der Waals surface area contributed by atoms with Gasteiger partial charge >= 0.3 is 0 Å². The molecule has 5 rings (SSSR count). The van der Waals surface area contributed by atoms with Crippen molar-refractivity contribution >= 4 is 17.2 Å². The number of carbonyl (C=O) groups excluding carboxylic acids is 1. The molecule has 1 saturated carbocycles. The molecule has 3 heterocycles. The predicted octanol–water partition coefficient (Wildman–Crippen LogP) is 4.28. The topological polar surface area (TPSA) is 91.6 Å². The maximum absolute atomic E-state index is 14.1. The molecule has 1 fully saturated rings. The van der Waals surface area contributed by atoms with Gasteiger partial charge in [0.2, 0.25) is 5.43 Å². The largest absolute Gasteiger partial charge is 0.502 e. The van der Waals surface area contributed by atoms with E-state index in [-0.39, 0.29) is 33.7 Å². The first-order valence-corrected chi connectivity index (χ1v) is 13.1. The smallest absolute Gasteiger partial charge is 0.278 e. The van der Waals surface area contributed by atoms with Crippen molar-refractivity contribution in [2.45, 2.75) is 58.0 Å². The lowest BCUT2D eigenvalue weighted by molar-refractivity contribution is 0.00219. The molecule has 2 aromatic heterocycles. The summed E-state index contributed by atoms with van der Waals surface area (Å²) in [6.45, 7) is 4.45. The fourth-order valence-corrected chi connectivity index (χ4v) is 6.34. The van der Waals surface area contributed by atoms with Crippen LogP contribution in [-0.4, -0.2) is 50.5 Å². The van der Waals surface area contributed by atoms with Gasteiger partial charge in [0, 0.05) is 32.8 Å². The van der Waals surface area contributed by atoms with Gasteiger partial charge in [-0.3, -0.25) is 19.3 Å². The fraction of sp³-hybridized carbons (Fsp3) is 0.462. The van der Waals surface area contributed by atoms with E-state index in [1.165, 1.54) is 18.3 Å². The Balaban J connectivity index is 1.53. The molecule has 1 aromatic carbocycles. The lowest BCUT2D eigenvalue weighted by Crippen LogP contribution is -2.69. The van der Waals surface area contributed by atoms with Gasteiger partial charge in [0.05, 0.1) is 5.56 Å². The number of carbonyl (C=O) groups is 1. The first-order valence-electron chi connectivity index (χ1n) is 12.3. The number of fused-ring (bicyclic) bond motifs is 1. The van der Waals surface area contributed by atoms with Crippen molar-refractivity contribution in [3.63, 3.8) is 0 Å². The first-order chi connectivity index (χ1) is 17.5. The summed E-state index contributed by atoms with van der Waals surface area (Å²) in [6.07, 6.45) is 6.05. The van der Waals surface area contributed by atoms with Crippen molar-refractivity contribution in [1.82, 2.24) is 19.8 Å². The third kappa shape index (κ3) is 4.00. The lowest BCUT2D eigenvalue weighted by atomic mass is 9.69. The average Bonchev–Trinajstić information content (AvgIpc) is 3.34. The zero-order chi connectivity index (χ0) is 26.7. The second kappa shape index (κ2) is 8.90. The SMILES string of the molecule is CCC1(C)CCC2(CC1)N(C)C(=O)c1c(O)c(=O)c(-c3nnc(Cc4ccc(F)cc4F)s3)cn1N2C. The Morgan fingerprint density at radius 3 is 2.46 bits per heavy atom. The van der Waals surface area contributed by atoms with Gasteiger partial charge in [0.15, 0.2) is 16.5 Å². The Morgan fingerprint density at radius 1 is 1.11 bits per heavy atom. The highest BCUT2D eigenvalue weighted by molar-refractivity contribution is 7.14. The summed E-state index contributed by atoms with van der Waals surface area (Å²) in [4.78, 5) is 28.2. The van der Waals surface area contributed by atoms with Crippen molar-refractivity contribution in [3.8, 4) is 16.3 Å². The second-order valence-corrected chi connectivity index (χ2v) is 11.4. The first kappa shape index (κ1) is 25.3. The number of nitrogens with zero attached hydrogens (tertiary/aromatic N) is 5. The van der Waals surface area contributed by atoms with Gasteiger partial charge in [0.1, 0.15) is 22.3 Å². The predicted molar refractivity (Wildman–Crippen MR) is 136 cm³/mol. The van der Waals surface area contributed by atoms with Crippen LogP contribution in [0.15, 0.2) is 29.2 Å².